The van der Waals surface area contributed by atoms with E-state index in [2.05, 4.69) is 20.6 Å². The quantitative estimate of drug-likeness (QED) is 0.554. The molecule has 1 aliphatic carbocycles. The van der Waals surface area contributed by atoms with Crippen LogP contribution in [0.3, 0.4) is 0 Å². The van der Waals surface area contributed by atoms with E-state index in [0.29, 0.717) is 42.0 Å². The van der Waals surface area contributed by atoms with Crippen molar-refractivity contribution in [2.45, 2.75) is 32.1 Å². The molecule has 1 amide bonds. The number of amides is 1. The Morgan fingerprint density at radius 3 is 2.65 bits per heavy atom. The Labute approximate surface area is 180 Å². The monoisotopic (exact) mass is 425 g/mol. The number of rotatable bonds is 8. The van der Waals surface area contributed by atoms with Crippen LogP contribution in [0.4, 0.5) is 0 Å². The zero-order valence-electron chi connectivity index (χ0n) is 17.8. The first kappa shape index (κ1) is 20.9. The summed E-state index contributed by atoms with van der Waals surface area (Å²) < 4.78 is 18.0. The largest absolute Gasteiger partial charge is 0.493 e. The fraction of sp³-hybridized carbons (Fsp3) is 0.455. The molecule has 1 fully saturated rings. The Balaban J connectivity index is 1.42. The number of methoxy groups -OCH3 is 2. The van der Waals surface area contributed by atoms with Crippen molar-refractivity contribution in [3.8, 4) is 28.8 Å². The van der Waals surface area contributed by atoms with Crippen LogP contribution in [-0.4, -0.2) is 53.1 Å². The summed E-state index contributed by atoms with van der Waals surface area (Å²) in [5, 5.41) is 15.9. The third-order valence-electron chi connectivity index (χ3n) is 5.51. The van der Waals surface area contributed by atoms with Crippen molar-refractivity contribution in [2.75, 3.05) is 27.4 Å². The van der Waals surface area contributed by atoms with Crippen LogP contribution in [0.25, 0.3) is 17.0 Å². The van der Waals surface area contributed by atoms with Crippen LogP contribution in [0, 0.1) is 5.92 Å². The number of aromatic nitrogens is 4. The summed E-state index contributed by atoms with van der Waals surface area (Å²) in [7, 11) is 3.17. The highest BCUT2D eigenvalue weighted by molar-refractivity contribution is 5.78. The lowest BCUT2D eigenvalue weighted by Crippen LogP contribution is -2.34. The predicted octanol–water partition coefficient (Wildman–Crippen LogP) is 2.88. The zero-order chi connectivity index (χ0) is 21.6. The van der Waals surface area contributed by atoms with E-state index >= 15 is 0 Å². The Hall–Kier alpha value is -3.36. The van der Waals surface area contributed by atoms with Crippen molar-refractivity contribution in [3.63, 3.8) is 0 Å². The van der Waals surface area contributed by atoms with Gasteiger partial charge in [-0.3, -0.25) is 4.79 Å². The number of carbonyl (C=O) groups excluding carboxylic acids is 1. The minimum atomic E-state index is 0.126. The van der Waals surface area contributed by atoms with Gasteiger partial charge >= 0.3 is 0 Å². The molecule has 31 heavy (non-hydrogen) atoms. The summed E-state index contributed by atoms with van der Waals surface area (Å²) in [6, 6.07) is 9.04. The molecule has 1 saturated carbocycles. The highest BCUT2D eigenvalue weighted by Gasteiger charge is 2.20. The number of benzene rings is 1. The maximum Gasteiger partial charge on any atom is 0.231 e. The molecule has 0 bridgehead atoms. The van der Waals surface area contributed by atoms with E-state index in [1.807, 2.05) is 18.2 Å². The minimum absolute atomic E-state index is 0.126. The molecular formula is C22H27N5O4. The van der Waals surface area contributed by atoms with Crippen molar-refractivity contribution in [1.82, 2.24) is 25.1 Å². The fourth-order valence-corrected chi connectivity index (χ4v) is 3.84. The minimum Gasteiger partial charge on any atom is -0.493 e. The molecule has 2 aromatic heterocycles. The third kappa shape index (κ3) is 4.70. The van der Waals surface area contributed by atoms with E-state index in [-0.39, 0.29) is 11.8 Å². The summed E-state index contributed by atoms with van der Waals surface area (Å²) >= 11 is 0. The molecule has 0 spiro atoms. The summed E-state index contributed by atoms with van der Waals surface area (Å²) in [5.41, 5.74) is 1.39. The van der Waals surface area contributed by atoms with Crippen LogP contribution in [0.5, 0.6) is 17.4 Å². The van der Waals surface area contributed by atoms with Crippen LogP contribution in [-0.2, 0) is 4.79 Å². The molecule has 9 heteroatoms. The fourth-order valence-electron chi connectivity index (χ4n) is 3.84. The molecule has 9 nitrogen and oxygen atoms in total. The normalized spacial score (nSPS) is 14.4. The van der Waals surface area contributed by atoms with Crippen LogP contribution in [0.1, 0.15) is 32.1 Å². The average Bonchev–Trinajstić information content (AvgIpc) is 3.25. The third-order valence-corrected chi connectivity index (χ3v) is 5.51. The van der Waals surface area contributed by atoms with Crippen LogP contribution < -0.4 is 19.5 Å². The first-order valence-electron chi connectivity index (χ1n) is 10.5. The van der Waals surface area contributed by atoms with E-state index in [4.69, 9.17) is 14.2 Å². The van der Waals surface area contributed by atoms with Gasteiger partial charge in [0, 0.05) is 17.5 Å². The first-order chi connectivity index (χ1) is 15.2. The Morgan fingerprint density at radius 1 is 1.06 bits per heavy atom. The second-order valence-corrected chi connectivity index (χ2v) is 7.51. The number of carbonyl (C=O) groups is 1. The first-order valence-corrected chi connectivity index (χ1v) is 10.5. The number of fused-ring (bicyclic) bond motifs is 1. The number of nitrogens with zero attached hydrogens (tertiary/aromatic N) is 4. The molecule has 0 unspecified atom stereocenters. The molecule has 3 aromatic rings. The van der Waals surface area contributed by atoms with Gasteiger partial charge in [0.05, 0.1) is 20.8 Å². The van der Waals surface area contributed by atoms with Crippen molar-refractivity contribution in [3.05, 3.63) is 30.3 Å². The lowest BCUT2D eigenvalue weighted by Gasteiger charge is -2.20. The second kappa shape index (κ2) is 9.63. The summed E-state index contributed by atoms with van der Waals surface area (Å²) in [6.45, 7) is 0.782. The highest BCUT2D eigenvalue weighted by atomic mass is 16.5. The molecule has 1 aromatic carbocycles. The number of hydrogen-bond acceptors (Lipinski definition) is 7. The number of ether oxygens (including phenoxy) is 3. The summed E-state index contributed by atoms with van der Waals surface area (Å²) in [4.78, 5) is 12.2. The van der Waals surface area contributed by atoms with Gasteiger partial charge in [-0.1, -0.05) is 19.3 Å². The van der Waals surface area contributed by atoms with Gasteiger partial charge in [-0.25, -0.2) is 0 Å². The number of hydrogen-bond donors (Lipinski definition) is 1. The molecule has 4 rings (SSSR count). The zero-order valence-corrected chi connectivity index (χ0v) is 17.8. The molecule has 1 N–H and O–H groups in total. The highest BCUT2D eigenvalue weighted by Crippen LogP contribution is 2.31. The van der Waals surface area contributed by atoms with E-state index in [9.17, 15) is 4.79 Å². The van der Waals surface area contributed by atoms with Gasteiger partial charge in [0.25, 0.3) is 0 Å². The number of nitrogens with one attached hydrogen (secondary N) is 1. The van der Waals surface area contributed by atoms with Crippen molar-refractivity contribution < 1.29 is 19.0 Å². The van der Waals surface area contributed by atoms with Gasteiger partial charge < -0.3 is 19.5 Å². The summed E-state index contributed by atoms with van der Waals surface area (Å²) in [6.07, 6.45) is 5.48. The lowest BCUT2D eigenvalue weighted by atomic mass is 9.89. The maximum atomic E-state index is 12.2. The Kier molecular flexibility index (Phi) is 6.49. The molecule has 164 valence electrons. The van der Waals surface area contributed by atoms with Crippen LogP contribution in [0.15, 0.2) is 30.3 Å². The molecule has 0 atom stereocenters. The Bertz CT molecular complexity index is 1050. The van der Waals surface area contributed by atoms with Gasteiger partial charge in [0.1, 0.15) is 6.61 Å². The summed E-state index contributed by atoms with van der Waals surface area (Å²) in [5.74, 6) is 2.49. The molecule has 1 aliphatic rings. The van der Waals surface area contributed by atoms with E-state index < -0.39 is 0 Å². The Morgan fingerprint density at radius 2 is 1.87 bits per heavy atom. The van der Waals surface area contributed by atoms with Gasteiger partial charge in [0.15, 0.2) is 23.0 Å². The van der Waals surface area contributed by atoms with E-state index in [0.717, 1.165) is 31.2 Å². The lowest BCUT2D eigenvalue weighted by molar-refractivity contribution is -0.126. The van der Waals surface area contributed by atoms with Crippen molar-refractivity contribution in [1.29, 1.82) is 0 Å². The van der Waals surface area contributed by atoms with E-state index in [1.54, 1.807) is 30.9 Å². The van der Waals surface area contributed by atoms with E-state index in [1.165, 1.54) is 6.42 Å². The van der Waals surface area contributed by atoms with Crippen molar-refractivity contribution >= 4 is 11.6 Å². The van der Waals surface area contributed by atoms with Crippen LogP contribution >= 0.6 is 0 Å². The second-order valence-electron chi connectivity index (χ2n) is 7.51. The van der Waals surface area contributed by atoms with Crippen molar-refractivity contribution in [2.24, 2.45) is 5.92 Å². The maximum absolute atomic E-state index is 12.2. The standard InChI is InChI=1S/C22H27N5O4/c1-29-17-9-8-16(14-18(17)30-2)21-25-24-19-10-11-20(26-27(19)21)31-13-12-23-22(28)15-6-4-3-5-7-15/h8-11,14-15H,3-7,12-13H2,1-2H3,(H,23,28). The van der Waals surface area contributed by atoms with Crippen LogP contribution in [0.2, 0.25) is 0 Å². The average molecular weight is 425 g/mol. The molecular weight excluding hydrogens is 398 g/mol. The smallest absolute Gasteiger partial charge is 0.231 e. The topological polar surface area (TPSA) is 99.9 Å². The molecule has 0 aliphatic heterocycles. The van der Waals surface area contributed by atoms with Gasteiger partial charge in [-0.05, 0) is 37.1 Å². The molecule has 2 heterocycles. The van der Waals surface area contributed by atoms with Gasteiger partial charge in [0.2, 0.25) is 11.8 Å². The van der Waals surface area contributed by atoms with Gasteiger partial charge in [-0.2, -0.15) is 4.52 Å². The molecule has 0 radical (unpaired) electrons. The predicted molar refractivity (Wildman–Crippen MR) is 114 cm³/mol. The van der Waals surface area contributed by atoms with Gasteiger partial charge in [-0.15, -0.1) is 15.3 Å². The molecule has 0 saturated heterocycles. The SMILES string of the molecule is COc1ccc(-c2nnc3ccc(OCCNC(=O)C4CCCCC4)nn23)cc1OC.